The van der Waals surface area contributed by atoms with Crippen molar-refractivity contribution in [2.75, 3.05) is 19.7 Å². The molecule has 104 valence electrons. The Bertz CT molecular complexity index is 489. The van der Waals surface area contributed by atoms with Crippen molar-refractivity contribution in [3.8, 4) is 0 Å². The molecule has 19 heavy (non-hydrogen) atoms. The number of ether oxygens (including phenoxy) is 1. The largest absolute Gasteiger partial charge is 0.480 e. The van der Waals surface area contributed by atoms with E-state index in [0.29, 0.717) is 19.6 Å². The van der Waals surface area contributed by atoms with Crippen molar-refractivity contribution in [3.05, 3.63) is 34.6 Å². The number of carboxylic acids is 1. The van der Waals surface area contributed by atoms with E-state index in [9.17, 15) is 9.18 Å². The zero-order valence-electron chi connectivity index (χ0n) is 10.5. The highest BCUT2D eigenvalue weighted by molar-refractivity contribution is 6.31. The van der Waals surface area contributed by atoms with Gasteiger partial charge in [0.2, 0.25) is 0 Å². The number of rotatable bonds is 5. The Morgan fingerprint density at radius 3 is 2.89 bits per heavy atom. The molecule has 0 aliphatic carbocycles. The van der Waals surface area contributed by atoms with Gasteiger partial charge in [-0.3, -0.25) is 4.90 Å². The molecule has 1 aliphatic rings. The molecule has 0 saturated carbocycles. The van der Waals surface area contributed by atoms with Gasteiger partial charge in [-0.1, -0.05) is 23.7 Å². The Morgan fingerprint density at radius 1 is 1.58 bits per heavy atom. The first-order valence-corrected chi connectivity index (χ1v) is 6.28. The van der Waals surface area contributed by atoms with Crippen LogP contribution in [0.3, 0.4) is 0 Å². The van der Waals surface area contributed by atoms with Crippen LogP contribution in [0.4, 0.5) is 4.39 Å². The fraction of sp³-hybridized carbons (Fsp3) is 0.462. The van der Waals surface area contributed by atoms with E-state index in [0.717, 1.165) is 5.56 Å². The predicted octanol–water partition coefficient (Wildman–Crippen LogP) is 2.15. The third-order valence-corrected chi connectivity index (χ3v) is 3.51. The molecular formula is C13H15ClFNO3. The first-order valence-electron chi connectivity index (χ1n) is 5.91. The Kier molecular flexibility index (Phi) is 4.08. The Hall–Kier alpha value is -1.17. The van der Waals surface area contributed by atoms with Gasteiger partial charge in [0.15, 0.2) is 0 Å². The summed E-state index contributed by atoms with van der Waals surface area (Å²) in [5.74, 6) is -1.41. The van der Waals surface area contributed by atoms with Crippen molar-refractivity contribution in [3.63, 3.8) is 0 Å². The van der Waals surface area contributed by atoms with Gasteiger partial charge in [0.1, 0.15) is 12.4 Å². The fourth-order valence-corrected chi connectivity index (χ4v) is 2.44. The predicted molar refractivity (Wildman–Crippen MR) is 68.7 cm³/mol. The van der Waals surface area contributed by atoms with E-state index in [1.165, 1.54) is 6.07 Å². The molecule has 1 fully saturated rings. The standard InChI is InChI=1S/C13H15ClFNO3/c1-13(19-6-11(17)18)7-16(8-13)5-9-3-2-4-10(15)12(9)14/h2-4H,5-8H2,1H3,(H,17,18). The average molecular weight is 288 g/mol. The van der Waals surface area contributed by atoms with Gasteiger partial charge >= 0.3 is 5.97 Å². The first-order chi connectivity index (χ1) is 8.89. The van der Waals surface area contributed by atoms with E-state index in [-0.39, 0.29) is 11.6 Å². The van der Waals surface area contributed by atoms with Crippen LogP contribution in [-0.4, -0.2) is 41.3 Å². The van der Waals surface area contributed by atoms with Gasteiger partial charge in [0.05, 0.1) is 10.6 Å². The number of likely N-dealkylation sites (tertiary alicyclic amines) is 1. The van der Waals surface area contributed by atoms with Gasteiger partial charge < -0.3 is 9.84 Å². The first kappa shape index (κ1) is 14.2. The van der Waals surface area contributed by atoms with Crippen LogP contribution in [0.1, 0.15) is 12.5 Å². The molecule has 0 unspecified atom stereocenters. The van der Waals surface area contributed by atoms with E-state index >= 15 is 0 Å². The molecule has 0 aromatic heterocycles. The Morgan fingerprint density at radius 2 is 2.26 bits per heavy atom. The summed E-state index contributed by atoms with van der Waals surface area (Å²) in [5.41, 5.74) is 0.278. The van der Waals surface area contributed by atoms with Crippen molar-refractivity contribution in [1.82, 2.24) is 4.90 Å². The third kappa shape index (κ3) is 3.43. The smallest absolute Gasteiger partial charge is 0.329 e. The second kappa shape index (κ2) is 5.45. The topological polar surface area (TPSA) is 49.8 Å². The summed E-state index contributed by atoms with van der Waals surface area (Å²) in [5, 5.41) is 8.71. The molecule has 1 aromatic carbocycles. The lowest BCUT2D eigenvalue weighted by molar-refractivity contribution is -0.165. The molecule has 0 amide bonds. The minimum absolute atomic E-state index is 0.141. The molecule has 4 nitrogen and oxygen atoms in total. The van der Waals surface area contributed by atoms with Crippen LogP contribution in [0.5, 0.6) is 0 Å². The zero-order chi connectivity index (χ0) is 14.0. The van der Waals surface area contributed by atoms with E-state index in [1.54, 1.807) is 12.1 Å². The average Bonchev–Trinajstić information content (AvgIpc) is 2.30. The van der Waals surface area contributed by atoms with Gasteiger partial charge in [-0.2, -0.15) is 0 Å². The van der Waals surface area contributed by atoms with E-state index < -0.39 is 17.4 Å². The fourth-order valence-electron chi connectivity index (χ4n) is 2.25. The summed E-state index contributed by atoms with van der Waals surface area (Å²) in [6.07, 6.45) is 0. The molecule has 0 atom stereocenters. The highest BCUT2D eigenvalue weighted by atomic mass is 35.5. The van der Waals surface area contributed by atoms with E-state index in [4.69, 9.17) is 21.4 Å². The normalized spacial score (nSPS) is 18.1. The molecule has 6 heteroatoms. The lowest BCUT2D eigenvalue weighted by Gasteiger charge is -2.47. The van der Waals surface area contributed by atoms with Crippen molar-refractivity contribution in [1.29, 1.82) is 0 Å². The summed E-state index contributed by atoms with van der Waals surface area (Å²) in [7, 11) is 0. The quantitative estimate of drug-likeness (QED) is 0.901. The van der Waals surface area contributed by atoms with Crippen LogP contribution in [-0.2, 0) is 16.1 Å². The summed E-state index contributed by atoms with van der Waals surface area (Å²) in [6, 6.07) is 4.72. The number of hydrogen-bond donors (Lipinski definition) is 1. The molecule has 0 radical (unpaired) electrons. The van der Waals surface area contributed by atoms with Crippen LogP contribution >= 0.6 is 11.6 Å². The molecule has 0 spiro atoms. The molecule has 0 bridgehead atoms. The Balaban J connectivity index is 1.87. The van der Waals surface area contributed by atoms with Crippen molar-refractivity contribution >= 4 is 17.6 Å². The van der Waals surface area contributed by atoms with Gasteiger partial charge in [-0.15, -0.1) is 0 Å². The van der Waals surface area contributed by atoms with Crippen LogP contribution in [0.15, 0.2) is 18.2 Å². The molecule has 2 rings (SSSR count). The van der Waals surface area contributed by atoms with Gasteiger partial charge in [0.25, 0.3) is 0 Å². The lowest BCUT2D eigenvalue weighted by atomic mass is 9.95. The van der Waals surface area contributed by atoms with Crippen LogP contribution in [0.2, 0.25) is 5.02 Å². The van der Waals surface area contributed by atoms with Gasteiger partial charge in [-0.25, -0.2) is 9.18 Å². The minimum atomic E-state index is -0.979. The SMILES string of the molecule is CC1(OCC(=O)O)CN(Cc2cccc(F)c2Cl)C1. The summed E-state index contributed by atoms with van der Waals surface area (Å²) < 4.78 is 18.6. The van der Waals surface area contributed by atoms with Gasteiger partial charge in [-0.05, 0) is 18.6 Å². The monoisotopic (exact) mass is 287 g/mol. The molecule has 1 aliphatic heterocycles. The number of carboxylic acid groups (broad SMARTS) is 1. The lowest BCUT2D eigenvalue weighted by Crippen LogP contribution is -2.61. The zero-order valence-corrected chi connectivity index (χ0v) is 11.3. The number of aliphatic carboxylic acids is 1. The van der Waals surface area contributed by atoms with Crippen molar-refractivity contribution in [2.24, 2.45) is 0 Å². The van der Waals surface area contributed by atoms with Crippen molar-refractivity contribution in [2.45, 2.75) is 19.1 Å². The van der Waals surface area contributed by atoms with Crippen LogP contribution in [0, 0.1) is 5.82 Å². The maximum atomic E-state index is 13.3. The number of halogens is 2. The third-order valence-electron chi connectivity index (χ3n) is 3.09. The molecule has 1 saturated heterocycles. The maximum Gasteiger partial charge on any atom is 0.329 e. The number of nitrogens with zero attached hydrogens (tertiary/aromatic N) is 1. The molecular weight excluding hydrogens is 273 g/mol. The summed E-state index contributed by atoms with van der Waals surface area (Å²) in [6.45, 7) is 3.30. The number of hydrogen-bond acceptors (Lipinski definition) is 3. The highest BCUT2D eigenvalue weighted by Gasteiger charge is 2.40. The van der Waals surface area contributed by atoms with Crippen LogP contribution < -0.4 is 0 Å². The highest BCUT2D eigenvalue weighted by Crippen LogP contribution is 2.28. The second-order valence-electron chi connectivity index (χ2n) is 4.99. The van der Waals surface area contributed by atoms with Crippen molar-refractivity contribution < 1.29 is 19.0 Å². The molecule has 1 heterocycles. The number of benzene rings is 1. The molecule has 1 N–H and O–H groups in total. The van der Waals surface area contributed by atoms with Crippen LogP contribution in [0.25, 0.3) is 0 Å². The van der Waals surface area contributed by atoms with E-state index in [2.05, 4.69) is 0 Å². The summed E-state index contributed by atoms with van der Waals surface area (Å²) >= 11 is 5.88. The minimum Gasteiger partial charge on any atom is -0.480 e. The number of carbonyl (C=O) groups is 1. The van der Waals surface area contributed by atoms with E-state index in [1.807, 2.05) is 11.8 Å². The maximum absolute atomic E-state index is 13.3. The van der Waals surface area contributed by atoms with Gasteiger partial charge in [0, 0.05) is 19.6 Å². The molecule has 1 aromatic rings. The Labute approximate surface area is 115 Å². The summed E-state index contributed by atoms with van der Waals surface area (Å²) in [4.78, 5) is 12.5. The second-order valence-corrected chi connectivity index (χ2v) is 5.37.